The van der Waals surface area contributed by atoms with E-state index in [0.717, 1.165) is 45.3 Å². The Hall–Kier alpha value is -3.32. The van der Waals surface area contributed by atoms with Gasteiger partial charge in [0, 0.05) is 50.2 Å². The number of hydrogen-bond acceptors (Lipinski definition) is 5. The molecule has 0 N–H and O–H groups in total. The van der Waals surface area contributed by atoms with E-state index in [9.17, 15) is 4.79 Å². The molecule has 0 aliphatic carbocycles. The lowest BCUT2D eigenvalue weighted by Crippen LogP contribution is -2.48. The molecule has 0 atom stereocenters. The van der Waals surface area contributed by atoms with Crippen LogP contribution in [0.3, 0.4) is 0 Å². The Kier molecular flexibility index (Phi) is 5.34. The predicted octanol–water partition coefficient (Wildman–Crippen LogP) is 4.45. The first-order valence-corrected chi connectivity index (χ1v) is 11.3. The summed E-state index contributed by atoms with van der Waals surface area (Å²) in [5, 5.41) is 1.01. The molecule has 1 aliphatic rings. The van der Waals surface area contributed by atoms with Crippen LogP contribution in [0.5, 0.6) is 5.75 Å². The molecule has 4 aromatic rings. The molecule has 1 aromatic carbocycles. The van der Waals surface area contributed by atoms with Crippen molar-refractivity contribution in [1.82, 2.24) is 14.5 Å². The van der Waals surface area contributed by atoms with Gasteiger partial charge in [-0.05, 0) is 43.3 Å². The second-order valence-electron chi connectivity index (χ2n) is 7.41. The molecule has 7 heteroatoms. The van der Waals surface area contributed by atoms with Crippen LogP contribution in [0.1, 0.15) is 16.6 Å². The molecule has 0 spiro atoms. The molecular weight excluding hydrogens is 408 g/mol. The number of aromatic nitrogens is 2. The van der Waals surface area contributed by atoms with E-state index in [1.165, 1.54) is 11.3 Å². The zero-order valence-electron chi connectivity index (χ0n) is 17.4. The first kappa shape index (κ1) is 19.6. The largest absolute Gasteiger partial charge is 0.492 e. The van der Waals surface area contributed by atoms with E-state index in [0.29, 0.717) is 19.7 Å². The van der Waals surface area contributed by atoms with Crippen LogP contribution in [0.25, 0.3) is 15.9 Å². The number of carbonyl (C=O) groups excluding carboxylic acids is 1. The van der Waals surface area contributed by atoms with Crippen LogP contribution in [0.2, 0.25) is 0 Å². The summed E-state index contributed by atoms with van der Waals surface area (Å²) in [5.41, 5.74) is 2.02. The van der Waals surface area contributed by atoms with E-state index in [4.69, 9.17) is 4.74 Å². The number of carbonyl (C=O) groups is 1. The zero-order chi connectivity index (χ0) is 21.2. The number of para-hydroxylation sites is 2. The molecule has 0 radical (unpaired) electrons. The number of piperazine rings is 1. The number of benzene rings is 1. The Labute approximate surface area is 185 Å². The lowest BCUT2D eigenvalue weighted by molar-refractivity contribution is 0.0751. The third-order valence-corrected chi connectivity index (χ3v) is 6.66. The quantitative estimate of drug-likeness (QED) is 0.468. The first-order chi connectivity index (χ1) is 15.3. The minimum atomic E-state index is 0.0736. The Balaban J connectivity index is 1.40. The second kappa shape index (κ2) is 8.43. The molecule has 1 saturated heterocycles. The Morgan fingerprint density at radius 3 is 2.58 bits per heavy atom. The number of fused-ring (bicyclic) bond motifs is 1. The van der Waals surface area contributed by atoms with Crippen LogP contribution >= 0.6 is 11.3 Å². The van der Waals surface area contributed by atoms with Crippen molar-refractivity contribution in [3.63, 3.8) is 0 Å². The maximum atomic E-state index is 13.6. The highest BCUT2D eigenvalue weighted by Crippen LogP contribution is 2.35. The number of anilines is 1. The van der Waals surface area contributed by atoms with Gasteiger partial charge < -0.3 is 19.1 Å². The van der Waals surface area contributed by atoms with Crippen molar-refractivity contribution < 1.29 is 9.53 Å². The lowest BCUT2D eigenvalue weighted by Gasteiger charge is -2.36. The summed E-state index contributed by atoms with van der Waals surface area (Å²) < 4.78 is 7.81. The molecule has 0 bridgehead atoms. The molecular formula is C24H24N4O2S. The van der Waals surface area contributed by atoms with Gasteiger partial charge in [-0.1, -0.05) is 12.1 Å². The van der Waals surface area contributed by atoms with E-state index >= 15 is 0 Å². The maximum Gasteiger partial charge on any atom is 0.266 e. The number of rotatable bonds is 5. The van der Waals surface area contributed by atoms with Crippen LogP contribution < -0.4 is 9.64 Å². The molecule has 0 unspecified atom stereocenters. The number of hydrogen-bond donors (Lipinski definition) is 0. The van der Waals surface area contributed by atoms with E-state index in [-0.39, 0.29) is 5.91 Å². The summed E-state index contributed by atoms with van der Waals surface area (Å²) in [4.78, 5) is 23.9. The van der Waals surface area contributed by atoms with Gasteiger partial charge in [-0.15, -0.1) is 11.3 Å². The SMILES string of the molecule is CCOc1ccccc1N1CCN(C(=O)c2sc3ncccc3c2-n2cccc2)CC1. The van der Waals surface area contributed by atoms with Gasteiger partial charge in [0.15, 0.2) is 0 Å². The van der Waals surface area contributed by atoms with Gasteiger partial charge in [-0.25, -0.2) is 4.98 Å². The summed E-state index contributed by atoms with van der Waals surface area (Å²) in [5.74, 6) is 0.972. The smallest absolute Gasteiger partial charge is 0.266 e. The molecule has 1 aliphatic heterocycles. The molecule has 1 fully saturated rings. The van der Waals surface area contributed by atoms with E-state index in [1.54, 1.807) is 6.20 Å². The van der Waals surface area contributed by atoms with Crippen molar-refractivity contribution in [2.24, 2.45) is 0 Å². The highest BCUT2D eigenvalue weighted by Gasteiger charge is 2.28. The van der Waals surface area contributed by atoms with Gasteiger partial charge in [0.1, 0.15) is 15.5 Å². The fourth-order valence-corrected chi connectivity index (χ4v) is 5.20. The molecule has 3 aromatic heterocycles. The zero-order valence-corrected chi connectivity index (χ0v) is 18.2. The molecule has 158 valence electrons. The van der Waals surface area contributed by atoms with Crippen LogP contribution in [0.15, 0.2) is 67.1 Å². The Morgan fingerprint density at radius 1 is 1.03 bits per heavy atom. The molecule has 6 nitrogen and oxygen atoms in total. The Morgan fingerprint density at radius 2 is 1.81 bits per heavy atom. The van der Waals surface area contributed by atoms with E-state index in [1.807, 2.05) is 71.2 Å². The van der Waals surface area contributed by atoms with Gasteiger partial charge in [0.2, 0.25) is 0 Å². The highest BCUT2D eigenvalue weighted by molar-refractivity contribution is 7.21. The van der Waals surface area contributed by atoms with Gasteiger partial charge >= 0.3 is 0 Å². The average Bonchev–Trinajstić information content (AvgIpc) is 3.47. The van der Waals surface area contributed by atoms with Crippen LogP contribution in [-0.2, 0) is 0 Å². The molecule has 1 amide bonds. The maximum absolute atomic E-state index is 13.6. The average molecular weight is 433 g/mol. The minimum Gasteiger partial charge on any atom is -0.492 e. The second-order valence-corrected chi connectivity index (χ2v) is 8.41. The third kappa shape index (κ3) is 3.65. The first-order valence-electron chi connectivity index (χ1n) is 10.5. The number of amides is 1. The number of thiophene rings is 1. The third-order valence-electron chi connectivity index (χ3n) is 5.57. The van der Waals surface area contributed by atoms with Crippen LogP contribution in [0.4, 0.5) is 5.69 Å². The summed E-state index contributed by atoms with van der Waals surface area (Å²) in [6.45, 7) is 5.53. The summed E-state index contributed by atoms with van der Waals surface area (Å²) in [7, 11) is 0. The van der Waals surface area contributed by atoms with Crippen molar-refractivity contribution >= 4 is 33.1 Å². The van der Waals surface area contributed by atoms with E-state index in [2.05, 4.69) is 16.0 Å². The number of pyridine rings is 1. The minimum absolute atomic E-state index is 0.0736. The topological polar surface area (TPSA) is 50.6 Å². The van der Waals surface area contributed by atoms with Crippen molar-refractivity contribution in [3.05, 3.63) is 72.0 Å². The standard InChI is InChI=1S/C24H24N4O2S/c1-2-30-20-10-4-3-9-19(20)26-14-16-28(17-15-26)24(29)22-21(27-12-5-6-13-27)18-8-7-11-25-23(18)31-22/h3-13H,2,14-17H2,1H3. The molecule has 5 rings (SSSR count). The number of nitrogens with zero attached hydrogens (tertiary/aromatic N) is 4. The Bertz CT molecular complexity index is 1190. The molecule has 4 heterocycles. The van der Waals surface area contributed by atoms with E-state index < -0.39 is 0 Å². The number of ether oxygens (including phenoxy) is 1. The normalized spacial score (nSPS) is 14.2. The molecule has 0 saturated carbocycles. The predicted molar refractivity (Wildman–Crippen MR) is 125 cm³/mol. The van der Waals surface area contributed by atoms with Crippen LogP contribution in [-0.4, -0.2) is 53.1 Å². The highest BCUT2D eigenvalue weighted by atomic mass is 32.1. The van der Waals surface area contributed by atoms with Gasteiger partial charge in [-0.3, -0.25) is 4.79 Å². The summed E-state index contributed by atoms with van der Waals surface area (Å²) in [6, 6.07) is 16.0. The lowest BCUT2D eigenvalue weighted by atomic mass is 10.2. The van der Waals surface area contributed by atoms with Crippen LogP contribution in [0, 0.1) is 0 Å². The fourth-order valence-electron chi connectivity index (χ4n) is 4.09. The molecule has 31 heavy (non-hydrogen) atoms. The van der Waals surface area contributed by atoms with Gasteiger partial charge in [0.05, 0.1) is 18.0 Å². The fraction of sp³-hybridized carbons (Fsp3) is 0.250. The van der Waals surface area contributed by atoms with Gasteiger partial charge in [-0.2, -0.15) is 0 Å². The van der Waals surface area contributed by atoms with Crippen molar-refractivity contribution in [1.29, 1.82) is 0 Å². The summed E-state index contributed by atoms with van der Waals surface area (Å²) >= 11 is 1.47. The van der Waals surface area contributed by atoms with Crippen molar-refractivity contribution in [2.75, 3.05) is 37.7 Å². The monoisotopic (exact) mass is 432 g/mol. The van der Waals surface area contributed by atoms with Crippen molar-refractivity contribution in [3.8, 4) is 11.4 Å². The van der Waals surface area contributed by atoms with Crippen molar-refractivity contribution in [2.45, 2.75) is 6.92 Å². The van der Waals surface area contributed by atoms with Gasteiger partial charge in [0.25, 0.3) is 5.91 Å². The summed E-state index contributed by atoms with van der Waals surface area (Å²) in [6.07, 6.45) is 5.74.